The third-order valence-corrected chi connectivity index (χ3v) is 4.49. The number of anilines is 1. The monoisotopic (exact) mass is 349 g/mol. The number of carbonyl (C=O) groups is 2. The first-order valence-electron chi connectivity index (χ1n) is 8.56. The summed E-state index contributed by atoms with van der Waals surface area (Å²) >= 11 is 0. The highest BCUT2D eigenvalue weighted by Gasteiger charge is 2.19. The van der Waals surface area contributed by atoms with Gasteiger partial charge < -0.3 is 15.2 Å². The second-order valence-electron chi connectivity index (χ2n) is 6.73. The van der Waals surface area contributed by atoms with Crippen molar-refractivity contribution in [3.63, 3.8) is 0 Å². The van der Waals surface area contributed by atoms with Gasteiger partial charge in [-0.2, -0.15) is 0 Å². The summed E-state index contributed by atoms with van der Waals surface area (Å²) in [6.45, 7) is 5.96. The fraction of sp³-hybridized carbons (Fsp3) is 0.238. The summed E-state index contributed by atoms with van der Waals surface area (Å²) in [6, 6.07) is 11.7. The van der Waals surface area contributed by atoms with Gasteiger partial charge in [0.25, 0.3) is 5.91 Å². The topological polar surface area (TPSA) is 65.2 Å². The van der Waals surface area contributed by atoms with Crippen LogP contribution in [0, 0.1) is 20.8 Å². The molecule has 0 saturated carbocycles. The van der Waals surface area contributed by atoms with Gasteiger partial charge in [-0.1, -0.05) is 35.9 Å². The number of aromatic nitrogens is 1. The van der Waals surface area contributed by atoms with Gasteiger partial charge in [-0.05, 0) is 38.0 Å². The van der Waals surface area contributed by atoms with Crippen LogP contribution >= 0.6 is 0 Å². The predicted octanol–water partition coefficient (Wildman–Crippen LogP) is 3.80. The van der Waals surface area contributed by atoms with Gasteiger partial charge in [-0.25, -0.2) is 0 Å². The van der Waals surface area contributed by atoms with Crippen molar-refractivity contribution in [3.8, 4) is 0 Å². The van der Waals surface area contributed by atoms with Crippen LogP contribution in [0.4, 0.5) is 5.69 Å². The molecule has 134 valence electrons. The van der Waals surface area contributed by atoms with Crippen LogP contribution in [0.1, 0.15) is 27.0 Å². The van der Waals surface area contributed by atoms with Crippen LogP contribution in [0.25, 0.3) is 10.9 Å². The Morgan fingerprint density at radius 3 is 2.42 bits per heavy atom. The molecule has 5 heteroatoms. The highest BCUT2D eigenvalue weighted by molar-refractivity contribution is 6.08. The van der Waals surface area contributed by atoms with Crippen LogP contribution in [-0.2, 0) is 4.79 Å². The summed E-state index contributed by atoms with van der Waals surface area (Å²) in [5.74, 6) is -0.398. The van der Waals surface area contributed by atoms with Crippen LogP contribution in [0.15, 0.2) is 42.6 Å². The first-order chi connectivity index (χ1) is 12.4. The number of carbonyl (C=O) groups excluding carboxylic acids is 2. The van der Waals surface area contributed by atoms with Gasteiger partial charge >= 0.3 is 0 Å². The lowest BCUT2D eigenvalue weighted by Gasteiger charge is -2.18. The number of aromatic amines is 1. The van der Waals surface area contributed by atoms with Crippen LogP contribution in [-0.4, -0.2) is 35.3 Å². The van der Waals surface area contributed by atoms with E-state index in [0.29, 0.717) is 5.56 Å². The van der Waals surface area contributed by atoms with Crippen LogP contribution in [0.5, 0.6) is 0 Å². The number of nitrogens with zero attached hydrogens (tertiary/aromatic N) is 1. The molecular formula is C21H23N3O2. The molecule has 1 heterocycles. The zero-order valence-electron chi connectivity index (χ0n) is 15.5. The molecule has 0 aliphatic carbocycles. The van der Waals surface area contributed by atoms with E-state index in [0.717, 1.165) is 33.3 Å². The van der Waals surface area contributed by atoms with Gasteiger partial charge in [0.2, 0.25) is 5.91 Å². The van der Waals surface area contributed by atoms with Crippen molar-refractivity contribution in [2.24, 2.45) is 0 Å². The zero-order chi connectivity index (χ0) is 18.8. The lowest BCUT2D eigenvalue weighted by molar-refractivity contribution is -0.116. The molecule has 2 N–H and O–H groups in total. The molecule has 0 aliphatic heterocycles. The number of hydrogen-bond acceptors (Lipinski definition) is 2. The fourth-order valence-corrected chi connectivity index (χ4v) is 3.30. The Kier molecular flexibility index (Phi) is 4.80. The number of aryl methyl sites for hydroxylation is 3. The summed E-state index contributed by atoms with van der Waals surface area (Å²) in [5.41, 5.74) is 5.47. The molecule has 3 aromatic rings. The van der Waals surface area contributed by atoms with Crippen molar-refractivity contribution in [3.05, 3.63) is 64.8 Å². The second-order valence-corrected chi connectivity index (χ2v) is 6.73. The molecular weight excluding hydrogens is 326 g/mol. The van der Waals surface area contributed by atoms with Crippen molar-refractivity contribution in [1.82, 2.24) is 9.88 Å². The molecule has 2 aromatic carbocycles. The third kappa shape index (κ3) is 3.47. The highest BCUT2D eigenvalue weighted by Crippen LogP contribution is 2.22. The summed E-state index contributed by atoms with van der Waals surface area (Å²) in [4.78, 5) is 29.7. The Morgan fingerprint density at radius 2 is 1.73 bits per heavy atom. The summed E-state index contributed by atoms with van der Waals surface area (Å²) < 4.78 is 0. The number of likely N-dealkylation sites (N-methyl/N-ethyl adjacent to an activating group) is 1. The van der Waals surface area contributed by atoms with Gasteiger partial charge in [0.1, 0.15) is 0 Å². The number of H-pyrrole nitrogens is 1. The van der Waals surface area contributed by atoms with E-state index < -0.39 is 0 Å². The molecule has 0 saturated heterocycles. The highest BCUT2D eigenvalue weighted by atomic mass is 16.2. The number of para-hydroxylation sites is 1. The smallest absolute Gasteiger partial charge is 0.256 e. The number of benzene rings is 2. The van der Waals surface area contributed by atoms with Crippen molar-refractivity contribution in [2.75, 3.05) is 18.9 Å². The SMILES string of the molecule is Cc1cc(C)c(NC(=O)CN(C)C(=O)c2c[nH]c3ccccc23)c(C)c1. The third-order valence-electron chi connectivity index (χ3n) is 4.49. The lowest BCUT2D eigenvalue weighted by Crippen LogP contribution is -2.35. The van der Waals surface area contributed by atoms with E-state index >= 15 is 0 Å². The first kappa shape index (κ1) is 17.7. The Balaban J connectivity index is 1.72. The minimum absolute atomic E-state index is 0.00883. The molecule has 3 rings (SSSR count). The van der Waals surface area contributed by atoms with Crippen LogP contribution < -0.4 is 5.32 Å². The van der Waals surface area contributed by atoms with Crippen molar-refractivity contribution in [2.45, 2.75) is 20.8 Å². The van der Waals surface area contributed by atoms with Crippen molar-refractivity contribution in [1.29, 1.82) is 0 Å². The average molecular weight is 349 g/mol. The Labute approximate surface area is 153 Å². The molecule has 26 heavy (non-hydrogen) atoms. The second kappa shape index (κ2) is 7.04. The maximum atomic E-state index is 12.7. The van der Waals surface area contributed by atoms with E-state index in [4.69, 9.17) is 0 Å². The average Bonchev–Trinajstić information content (AvgIpc) is 3.01. The zero-order valence-corrected chi connectivity index (χ0v) is 15.5. The van der Waals surface area contributed by atoms with Gasteiger partial charge in [0.05, 0.1) is 12.1 Å². The van der Waals surface area contributed by atoms with E-state index in [-0.39, 0.29) is 18.4 Å². The summed E-state index contributed by atoms with van der Waals surface area (Å²) in [7, 11) is 1.64. The predicted molar refractivity (Wildman–Crippen MR) is 105 cm³/mol. The molecule has 1 aromatic heterocycles. The molecule has 0 fully saturated rings. The van der Waals surface area contributed by atoms with Gasteiger partial charge in [-0.15, -0.1) is 0 Å². The lowest BCUT2D eigenvalue weighted by atomic mass is 10.1. The Hall–Kier alpha value is -3.08. The van der Waals surface area contributed by atoms with Gasteiger partial charge in [0, 0.05) is 29.8 Å². The normalized spacial score (nSPS) is 10.8. The molecule has 0 aliphatic rings. The van der Waals surface area contributed by atoms with Crippen molar-refractivity contribution >= 4 is 28.4 Å². The Bertz CT molecular complexity index is 965. The van der Waals surface area contributed by atoms with E-state index in [1.165, 1.54) is 4.90 Å². The van der Waals surface area contributed by atoms with E-state index in [1.807, 2.05) is 57.2 Å². The number of fused-ring (bicyclic) bond motifs is 1. The maximum absolute atomic E-state index is 12.7. The number of rotatable bonds is 4. The molecule has 0 radical (unpaired) electrons. The van der Waals surface area contributed by atoms with Gasteiger partial charge in [0.15, 0.2) is 0 Å². The molecule has 0 spiro atoms. The molecule has 0 bridgehead atoms. The standard InChI is InChI=1S/C21H23N3O2/c1-13-9-14(2)20(15(3)10-13)23-19(25)12-24(4)21(26)17-11-22-18-8-6-5-7-16(17)18/h5-11,22H,12H2,1-4H3,(H,23,25). The minimum atomic E-state index is -0.212. The summed E-state index contributed by atoms with van der Waals surface area (Å²) in [5, 5.41) is 3.79. The maximum Gasteiger partial charge on any atom is 0.256 e. The van der Waals surface area contributed by atoms with Gasteiger partial charge in [-0.3, -0.25) is 9.59 Å². The molecule has 5 nitrogen and oxygen atoms in total. The minimum Gasteiger partial charge on any atom is -0.360 e. The Morgan fingerprint density at radius 1 is 1.08 bits per heavy atom. The molecule has 0 unspecified atom stereocenters. The van der Waals surface area contributed by atoms with E-state index in [9.17, 15) is 9.59 Å². The molecule has 0 atom stereocenters. The van der Waals surface area contributed by atoms with Crippen molar-refractivity contribution < 1.29 is 9.59 Å². The van der Waals surface area contributed by atoms with E-state index in [1.54, 1.807) is 13.2 Å². The van der Waals surface area contributed by atoms with E-state index in [2.05, 4.69) is 10.3 Å². The van der Waals surface area contributed by atoms with Crippen LogP contribution in [0.2, 0.25) is 0 Å². The largest absolute Gasteiger partial charge is 0.360 e. The summed E-state index contributed by atoms with van der Waals surface area (Å²) in [6.07, 6.45) is 1.69. The quantitative estimate of drug-likeness (QED) is 0.752. The number of nitrogens with one attached hydrogen (secondary N) is 2. The first-order valence-corrected chi connectivity index (χ1v) is 8.56. The number of hydrogen-bond donors (Lipinski definition) is 2. The molecule has 2 amide bonds. The fourth-order valence-electron chi connectivity index (χ4n) is 3.30. The number of amides is 2. The van der Waals surface area contributed by atoms with Crippen LogP contribution in [0.3, 0.4) is 0 Å².